The molecule has 0 saturated carbocycles. The van der Waals surface area contributed by atoms with Crippen molar-refractivity contribution in [1.29, 1.82) is 0 Å². The summed E-state index contributed by atoms with van der Waals surface area (Å²) in [6, 6.07) is 13.9. The van der Waals surface area contributed by atoms with Gasteiger partial charge in [0.05, 0.1) is 20.3 Å². The van der Waals surface area contributed by atoms with Crippen molar-refractivity contribution in [2.24, 2.45) is 0 Å². The minimum atomic E-state index is -0.0949. The highest BCUT2D eigenvalue weighted by Crippen LogP contribution is 2.18. The second kappa shape index (κ2) is 8.09. The van der Waals surface area contributed by atoms with E-state index in [4.69, 9.17) is 4.74 Å². The molecule has 2 aromatic carbocycles. The van der Waals surface area contributed by atoms with Crippen LogP contribution in [0.5, 0.6) is 0 Å². The molecule has 25 heavy (non-hydrogen) atoms. The highest BCUT2D eigenvalue weighted by atomic mass is 16.5. The van der Waals surface area contributed by atoms with Crippen LogP contribution < -0.4 is 10.2 Å². The van der Waals surface area contributed by atoms with E-state index >= 15 is 0 Å². The fourth-order valence-corrected chi connectivity index (χ4v) is 2.99. The van der Waals surface area contributed by atoms with Crippen LogP contribution in [0.1, 0.15) is 0 Å². The quantitative estimate of drug-likeness (QED) is 0.813. The molecule has 2 N–H and O–H groups in total. The number of carbonyl (C=O) groups is 2. The third kappa shape index (κ3) is 4.78. The van der Waals surface area contributed by atoms with Crippen LogP contribution in [0.2, 0.25) is 0 Å². The van der Waals surface area contributed by atoms with E-state index < -0.39 is 0 Å². The first-order valence-electron chi connectivity index (χ1n) is 8.57. The van der Waals surface area contributed by atoms with Crippen LogP contribution in [0.25, 0.3) is 10.8 Å². The number of morpholine rings is 1. The van der Waals surface area contributed by atoms with Crippen molar-refractivity contribution in [3.8, 4) is 0 Å². The minimum Gasteiger partial charge on any atom is -0.378 e. The molecular weight excluding hydrogens is 318 g/mol. The van der Waals surface area contributed by atoms with E-state index in [1.807, 2.05) is 49.5 Å². The Morgan fingerprint density at radius 2 is 1.80 bits per heavy atom. The SMILES string of the molecule is C[NH+](CC(=O)Nc1ccc2ccccc2c1)CC(=O)N1CCOCC1. The number of rotatable bonds is 5. The van der Waals surface area contributed by atoms with Crippen LogP contribution >= 0.6 is 0 Å². The Morgan fingerprint density at radius 3 is 2.56 bits per heavy atom. The molecule has 1 fully saturated rings. The van der Waals surface area contributed by atoms with Gasteiger partial charge in [0.25, 0.3) is 11.8 Å². The Kier molecular flexibility index (Phi) is 5.63. The van der Waals surface area contributed by atoms with E-state index in [1.54, 1.807) is 4.90 Å². The molecule has 2 amide bonds. The minimum absolute atomic E-state index is 0.0688. The fourth-order valence-electron chi connectivity index (χ4n) is 2.99. The smallest absolute Gasteiger partial charge is 0.279 e. The van der Waals surface area contributed by atoms with Gasteiger partial charge in [0, 0.05) is 18.8 Å². The van der Waals surface area contributed by atoms with Crippen LogP contribution in [0, 0.1) is 0 Å². The predicted molar refractivity (Wildman–Crippen MR) is 96.6 cm³/mol. The summed E-state index contributed by atoms with van der Waals surface area (Å²) in [5.41, 5.74) is 0.774. The van der Waals surface area contributed by atoms with Gasteiger partial charge in [-0.3, -0.25) is 9.59 Å². The molecule has 0 radical (unpaired) electrons. The van der Waals surface area contributed by atoms with Gasteiger partial charge in [-0.05, 0) is 22.9 Å². The van der Waals surface area contributed by atoms with Gasteiger partial charge in [-0.15, -0.1) is 0 Å². The summed E-state index contributed by atoms with van der Waals surface area (Å²) in [5, 5.41) is 5.14. The maximum absolute atomic E-state index is 12.2. The number of ether oxygens (including phenoxy) is 1. The van der Waals surface area contributed by atoms with Crippen molar-refractivity contribution >= 4 is 28.3 Å². The van der Waals surface area contributed by atoms with Gasteiger partial charge in [0.2, 0.25) is 0 Å². The molecule has 1 aliphatic rings. The summed E-state index contributed by atoms with van der Waals surface area (Å²) in [5.74, 6) is -0.0261. The zero-order valence-corrected chi connectivity index (χ0v) is 14.5. The van der Waals surface area contributed by atoms with Gasteiger partial charge in [-0.25, -0.2) is 0 Å². The lowest BCUT2D eigenvalue weighted by Crippen LogP contribution is -3.11. The fraction of sp³-hybridized carbons (Fsp3) is 0.368. The van der Waals surface area contributed by atoms with E-state index in [2.05, 4.69) is 5.32 Å². The second-order valence-electron chi connectivity index (χ2n) is 6.41. The second-order valence-corrected chi connectivity index (χ2v) is 6.41. The summed E-state index contributed by atoms with van der Waals surface area (Å²) < 4.78 is 5.25. The molecule has 1 atom stereocenters. The van der Waals surface area contributed by atoms with Crippen molar-refractivity contribution in [3.05, 3.63) is 42.5 Å². The first kappa shape index (κ1) is 17.4. The number of carbonyl (C=O) groups excluding carboxylic acids is 2. The largest absolute Gasteiger partial charge is 0.378 e. The Hall–Kier alpha value is -2.44. The molecule has 1 aliphatic heterocycles. The van der Waals surface area contributed by atoms with Crippen molar-refractivity contribution in [3.63, 3.8) is 0 Å². The predicted octanol–water partition coefficient (Wildman–Crippen LogP) is 0.152. The Labute approximate surface area is 147 Å². The molecule has 6 heteroatoms. The van der Waals surface area contributed by atoms with Crippen molar-refractivity contribution in [2.75, 3.05) is 51.8 Å². The molecule has 0 bridgehead atoms. The van der Waals surface area contributed by atoms with Crippen molar-refractivity contribution < 1.29 is 19.2 Å². The molecule has 1 heterocycles. The zero-order chi connectivity index (χ0) is 17.6. The average molecular weight is 342 g/mol. The van der Waals surface area contributed by atoms with E-state index in [0.29, 0.717) is 32.8 Å². The number of amides is 2. The van der Waals surface area contributed by atoms with Crippen molar-refractivity contribution in [2.45, 2.75) is 0 Å². The molecule has 1 saturated heterocycles. The van der Waals surface area contributed by atoms with Crippen LogP contribution in [0.15, 0.2) is 42.5 Å². The summed E-state index contributed by atoms with van der Waals surface area (Å²) in [6.07, 6.45) is 0. The zero-order valence-electron chi connectivity index (χ0n) is 14.5. The normalized spacial score (nSPS) is 15.8. The van der Waals surface area contributed by atoms with Gasteiger partial charge in [-0.2, -0.15) is 0 Å². The summed E-state index contributed by atoms with van der Waals surface area (Å²) >= 11 is 0. The lowest BCUT2D eigenvalue weighted by molar-refractivity contribution is -0.862. The first-order chi connectivity index (χ1) is 12.1. The van der Waals surface area contributed by atoms with Crippen LogP contribution in [0.3, 0.4) is 0 Å². The lowest BCUT2D eigenvalue weighted by atomic mass is 10.1. The number of likely N-dealkylation sites (N-methyl/N-ethyl adjacent to an activating group) is 1. The van der Waals surface area contributed by atoms with Crippen LogP contribution in [-0.2, 0) is 14.3 Å². The van der Waals surface area contributed by atoms with E-state index in [1.165, 1.54) is 0 Å². The Balaban J connectivity index is 1.51. The van der Waals surface area contributed by atoms with Crippen molar-refractivity contribution in [1.82, 2.24) is 4.90 Å². The maximum atomic E-state index is 12.2. The molecule has 132 valence electrons. The number of hydrogen-bond donors (Lipinski definition) is 2. The van der Waals surface area contributed by atoms with E-state index in [9.17, 15) is 9.59 Å². The molecule has 0 spiro atoms. The van der Waals surface area contributed by atoms with Crippen LogP contribution in [0.4, 0.5) is 5.69 Å². The molecule has 2 aromatic rings. The van der Waals surface area contributed by atoms with Gasteiger partial charge < -0.3 is 19.9 Å². The third-order valence-corrected chi connectivity index (χ3v) is 4.31. The molecule has 1 unspecified atom stereocenters. The third-order valence-electron chi connectivity index (χ3n) is 4.31. The highest BCUT2D eigenvalue weighted by molar-refractivity contribution is 5.95. The maximum Gasteiger partial charge on any atom is 0.279 e. The summed E-state index contributed by atoms with van der Waals surface area (Å²) in [4.78, 5) is 27.1. The molecule has 0 aliphatic carbocycles. The number of quaternary nitrogens is 1. The Morgan fingerprint density at radius 1 is 1.08 bits per heavy atom. The highest BCUT2D eigenvalue weighted by Gasteiger charge is 2.21. The monoisotopic (exact) mass is 342 g/mol. The van der Waals surface area contributed by atoms with Gasteiger partial charge >= 0.3 is 0 Å². The average Bonchev–Trinajstić information content (AvgIpc) is 2.62. The van der Waals surface area contributed by atoms with Gasteiger partial charge in [0.15, 0.2) is 13.1 Å². The number of hydrogen-bond acceptors (Lipinski definition) is 3. The number of nitrogens with one attached hydrogen (secondary N) is 2. The van der Waals surface area contributed by atoms with Crippen LogP contribution in [-0.4, -0.2) is 63.2 Å². The van der Waals surface area contributed by atoms with Gasteiger partial charge in [-0.1, -0.05) is 30.3 Å². The topological polar surface area (TPSA) is 63.1 Å². The summed E-state index contributed by atoms with van der Waals surface area (Å²) in [7, 11) is 1.86. The standard InChI is InChI=1S/C19H23N3O3/c1-21(14-19(24)22-8-10-25-11-9-22)13-18(23)20-17-7-6-15-4-2-3-5-16(15)12-17/h2-7,12H,8-11,13-14H2,1H3,(H,20,23)/p+1. The van der Waals surface area contributed by atoms with Gasteiger partial charge in [0.1, 0.15) is 0 Å². The number of fused-ring (bicyclic) bond motifs is 1. The molecular formula is C19H24N3O3+. The Bertz CT molecular complexity index is 756. The molecule has 6 nitrogen and oxygen atoms in total. The number of anilines is 1. The molecule has 0 aromatic heterocycles. The first-order valence-corrected chi connectivity index (χ1v) is 8.57. The van der Waals surface area contributed by atoms with E-state index in [-0.39, 0.29) is 18.4 Å². The number of benzene rings is 2. The lowest BCUT2D eigenvalue weighted by Gasteiger charge is -2.27. The molecule has 3 rings (SSSR count). The summed E-state index contributed by atoms with van der Waals surface area (Å²) in [6.45, 7) is 3.01. The number of nitrogens with zero attached hydrogens (tertiary/aromatic N) is 1. The van der Waals surface area contributed by atoms with E-state index in [0.717, 1.165) is 21.4 Å².